The lowest BCUT2D eigenvalue weighted by Gasteiger charge is -2.39. The number of piperidine rings is 1. The Hall–Kier alpha value is -1.72. The number of rotatable bonds is 4. The topological polar surface area (TPSA) is 53.4 Å². The number of benzene rings is 1. The van der Waals surface area contributed by atoms with E-state index in [9.17, 15) is 9.90 Å². The van der Waals surface area contributed by atoms with Gasteiger partial charge < -0.3 is 5.11 Å². The van der Waals surface area contributed by atoms with E-state index in [-0.39, 0.29) is 0 Å². The fourth-order valence-electron chi connectivity index (χ4n) is 3.26. The van der Waals surface area contributed by atoms with Crippen LogP contribution in [0, 0.1) is 13.8 Å². The second-order valence-electron chi connectivity index (χ2n) is 6.41. The van der Waals surface area contributed by atoms with Crippen LogP contribution in [0.2, 0.25) is 0 Å². The second-order valence-corrected chi connectivity index (χ2v) is 7.35. The molecule has 5 heteroatoms. The molecule has 0 unspecified atom stereocenters. The van der Waals surface area contributed by atoms with Crippen molar-refractivity contribution in [3.8, 4) is 0 Å². The SMILES string of the molecule is Cc1ccc(C2(C(=O)O)CCN(Cc3nc(C)cs3)CC2)cc1. The van der Waals surface area contributed by atoms with Crippen molar-refractivity contribution < 1.29 is 9.90 Å². The molecule has 0 amide bonds. The second kappa shape index (κ2) is 6.42. The number of likely N-dealkylation sites (tertiary alicyclic amines) is 1. The molecule has 0 aliphatic carbocycles. The number of thiazole rings is 1. The molecule has 0 saturated carbocycles. The van der Waals surface area contributed by atoms with Crippen LogP contribution in [0.5, 0.6) is 0 Å². The minimum absolute atomic E-state index is 0.649. The van der Waals surface area contributed by atoms with Gasteiger partial charge in [0, 0.05) is 24.2 Å². The molecule has 0 bridgehead atoms. The van der Waals surface area contributed by atoms with Crippen molar-refractivity contribution in [3.63, 3.8) is 0 Å². The molecule has 0 atom stereocenters. The van der Waals surface area contributed by atoms with E-state index >= 15 is 0 Å². The van der Waals surface area contributed by atoms with E-state index in [1.165, 1.54) is 0 Å². The number of aryl methyl sites for hydroxylation is 2. The average Bonchev–Trinajstić information content (AvgIpc) is 2.94. The van der Waals surface area contributed by atoms with Gasteiger partial charge in [0.15, 0.2) is 0 Å². The lowest BCUT2D eigenvalue weighted by atomic mass is 9.72. The molecule has 2 aromatic rings. The van der Waals surface area contributed by atoms with Gasteiger partial charge in [0.25, 0.3) is 0 Å². The minimum atomic E-state index is -0.747. The zero-order valence-electron chi connectivity index (χ0n) is 13.6. The van der Waals surface area contributed by atoms with Crippen molar-refractivity contribution in [3.05, 3.63) is 51.5 Å². The predicted octanol–water partition coefficient (Wildman–Crippen LogP) is 3.38. The summed E-state index contributed by atoms with van der Waals surface area (Å²) in [5.74, 6) is -0.703. The van der Waals surface area contributed by atoms with Gasteiger partial charge in [0.05, 0.1) is 12.0 Å². The maximum atomic E-state index is 12.0. The highest BCUT2D eigenvalue weighted by Gasteiger charge is 2.43. The van der Waals surface area contributed by atoms with Crippen LogP contribution in [0.4, 0.5) is 0 Å². The fraction of sp³-hybridized carbons (Fsp3) is 0.444. The highest BCUT2D eigenvalue weighted by Crippen LogP contribution is 2.36. The third-order valence-electron chi connectivity index (χ3n) is 4.75. The van der Waals surface area contributed by atoms with E-state index in [4.69, 9.17) is 0 Å². The molecule has 1 saturated heterocycles. The summed E-state index contributed by atoms with van der Waals surface area (Å²) >= 11 is 1.68. The molecule has 0 spiro atoms. The molecule has 0 radical (unpaired) electrons. The Bertz CT molecular complexity index is 685. The predicted molar refractivity (Wildman–Crippen MR) is 91.9 cm³/mol. The van der Waals surface area contributed by atoms with Crippen LogP contribution in [0.1, 0.15) is 34.7 Å². The normalized spacial score (nSPS) is 18.0. The van der Waals surface area contributed by atoms with E-state index in [1.54, 1.807) is 11.3 Å². The Labute approximate surface area is 140 Å². The van der Waals surface area contributed by atoms with Gasteiger partial charge in [-0.1, -0.05) is 29.8 Å². The van der Waals surface area contributed by atoms with Crippen molar-refractivity contribution in [1.82, 2.24) is 9.88 Å². The highest BCUT2D eigenvalue weighted by atomic mass is 32.1. The highest BCUT2D eigenvalue weighted by molar-refractivity contribution is 7.09. The summed E-state index contributed by atoms with van der Waals surface area (Å²) < 4.78 is 0. The van der Waals surface area contributed by atoms with Crippen molar-refractivity contribution in [2.45, 2.75) is 38.6 Å². The summed E-state index contributed by atoms with van der Waals surface area (Å²) in [7, 11) is 0. The number of aromatic nitrogens is 1. The first-order chi connectivity index (χ1) is 11.0. The molecular weight excluding hydrogens is 308 g/mol. The number of hydrogen-bond acceptors (Lipinski definition) is 4. The molecule has 1 N–H and O–H groups in total. The summed E-state index contributed by atoms with van der Waals surface area (Å²) in [6.45, 7) is 6.43. The fourth-order valence-corrected chi connectivity index (χ4v) is 4.07. The maximum absolute atomic E-state index is 12.0. The summed E-state index contributed by atoms with van der Waals surface area (Å²) in [6, 6.07) is 7.96. The lowest BCUT2D eigenvalue weighted by molar-refractivity contribution is -0.146. The third kappa shape index (κ3) is 3.31. The number of carboxylic acid groups (broad SMARTS) is 1. The molecule has 1 aliphatic heterocycles. The van der Waals surface area contributed by atoms with Gasteiger partial charge in [-0.2, -0.15) is 0 Å². The molecule has 2 heterocycles. The van der Waals surface area contributed by atoms with Crippen molar-refractivity contribution in [2.24, 2.45) is 0 Å². The molecule has 122 valence electrons. The molecular formula is C18H22N2O2S. The Kier molecular flexibility index (Phi) is 4.50. The van der Waals surface area contributed by atoms with Crippen LogP contribution in [0.3, 0.4) is 0 Å². The van der Waals surface area contributed by atoms with E-state index in [1.807, 2.05) is 38.1 Å². The van der Waals surface area contributed by atoms with E-state index in [0.29, 0.717) is 12.8 Å². The molecule has 23 heavy (non-hydrogen) atoms. The molecule has 4 nitrogen and oxygen atoms in total. The van der Waals surface area contributed by atoms with E-state index in [0.717, 1.165) is 41.5 Å². The molecule has 1 aromatic heterocycles. The van der Waals surface area contributed by atoms with Gasteiger partial charge in [-0.05, 0) is 32.3 Å². The first kappa shape index (κ1) is 16.1. The smallest absolute Gasteiger partial charge is 0.314 e. The van der Waals surface area contributed by atoms with Crippen molar-refractivity contribution in [2.75, 3.05) is 13.1 Å². The largest absolute Gasteiger partial charge is 0.481 e. The molecule has 3 rings (SSSR count). The lowest BCUT2D eigenvalue weighted by Crippen LogP contribution is -2.47. The average molecular weight is 330 g/mol. The van der Waals surface area contributed by atoms with Gasteiger partial charge in [0.1, 0.15) is 5.01 Å². The first-order valence-electron chi connectivity index (χ1n) is 7.93. The van der Waals surface area contributed by atoms with Gasteiger partial charge >= 0.3 is 5.97 Å². The summed E-state index contributed by atoms with van der Waals surface area (Å²) in [5, 5.41) is 13.0. The Morgan fingerprint density at radius 3 is 2.43 bits per heavy atom. The molecule has 1 aromatic carbocycles. The number of aliphatic carboxylic acids is 1. The van der Waals surface area contributed by atoms with Crippen molar-refractivity contribution >= 4 is 17.3 Å². The Balaban J connectivity index is 1.73. The Morgan fingerprint density at radius 2 is 1.91 bits per heavy atom. The maximum Gasteiger partial charge on any atom is 0.314 e. The quantitative estimate of drug-likeness (QED) is 0.934. The minimum Gasteiger partial charge on any atom is -0.481 e. The summed E-state index contributed by atoms with van der Waals surface area (Å²) in [4.78, 5) is 18.8. The van der Waals surface area contributed by atoms with Crippen LogP contribution in [0.25, 0.3) is 0 Å². The number of carboxylic acids is 1. The van der Waals surface area contributed by atoms with Crippen LogP contribution >= 0.6 is 11.3 Å². The third-order valence-corrected chi connectivity index (χ3v) is 5.70. The van der Waals surface area contributed by atoms with Gasteiger partial charge in [-0.15, -0.1) is 11.3 Å². The van der Waals surface area contributed by atoms with Crippen LogP contribution in [0.15, 0.2) is 29.6 Å². The zero-order valence-corrected chi connectivity index (χ0v) is 14.4. The van der Waals surface area contributed by atoms with E-state index < -0.39 is 11.4 Å². The molecule has 1 aliphatic rings. The summed E-state index contributed by atoms with van der Waals surface area (Å²) in [5.41, 5.74) is 2.40. The monoisotopic (exact) mass is 330 g/mol. The van der Waals surface area contributed by atoms with Gasteiger partial charge in [-0.25, -0.2) is 4.98 Å². The number of hydrogen-bond donors (Lipinski definition) is 1. The number of carbonyl (C=O) groups is 1. The van der Waals surface area contributed by atoms with Crippen LogP contribution < -0.4 is 0 Å². The molecule has 1 fully saturated rings. The standard InChI is InChI=1S/C18H22N2O2S/c1-13-3-5-15(6-4-13)18(17(21)22)7-9-20(10-8-18)11-16-19-14(2)12-23-16/h3-6,12H,7-11H2,1-2H3,(H,21,22). The van der Waals surface area contributed by atoms with Gasteiger partial charge in [-0.3, -0.25) is 9.69 Å². The zero-order chi connectivity index (χ0) is 16.4. The van der Waals surface area contributed by atoms with Crippen molar-refractivity contribution in [1.29, 1.82) is 0 Å². The summed E-state index contributed by atoms with van der Waals surface area (Å²) in [6.07, 6.45) is 1.30. The first-order valence-corrected chi connectivity index (χ1v) is 8.81. The Morgan fingerprint density at radius 1 is 1.26 bits per heavy atom. The van der Waals surface area contributed by atoms with Crippen LogP contribution in [-0.2, 0) is 16.8 Å². The van der Waals surface area contributed by atoms with Crippen LogP contribution in [-0.4, -0.2) is 34.0 Å². The van der Waals surface area contributed by atoms with E-state index in [2.05, 4.69) is 15.3 Å². The number of nitrogens with zero attached hydrogens (tertiary/aromatic N) is 2. The van der Waals surface area contributed by atoms with Gasteiger partial charge in [0.2, 0.25) is 0 Å².